The zero-order chi connectivity index (χ0) is 10.3. The minimum absolute atomic E-state index is 0.120. The highest BCUT2D eigenvalue weighted by Crippen LogP contribution is 2.13. The van der Waals surface area contributed by atoms with E-state index in [1.54, 1.807) is 6.92 Å². The van der Waals surface area contributed by atoms with Gasteiger partial charge in [-0.2, -0.15) is 0 Å². The molecule has 0 heterocycles. The molecule has 2 atom stereocenters. The molecule has 2 unspecified atom stereocenters. The van der Waals surface area contributed by atoms with Gasteiger partial charge in [-0.1, -0.05) is 20.3 Å². The Balaban J connectivity index is 3.71. The smallest absolute Gasteiger partial charge is 0.308 e. The summed E-state index contributed by atoms with van der Waals surface area (Å²) in [4.78, 5) is 11.0. The van der Waals surface area contributed by atoms with Crippen LogP contribution in [0, 0.1) is 5.92 Å². The van der Waals surface area contributed by atoms with Gasteiger partial charge in [-0.3, -0.25) is 4.79 Å². The first-order valence-electron chi connectivity index (χ1n) is 4.95. The first-order chi connectivity index (χ1) is 6.11. The second-order valence-corrected chi connectivity index (χ2v) is 3.34. The SMILES string of the molecule is CCCC(C)C(O)CC(=O)OCC. The zero-order valence-electron chi connectivity index (χ0n) is 8.75. The third kappa shape index (κ3) is 5.64. The van der Waals surface area contributed by atoms with Gasteiger partial charge in [-0.15, -0.1) is 0 Å². The van der Waals surface area contributed by atoms with E-state index in [-0.39, 0.29) is 18.3 Å². The molecule has 3 nitrogen and oxygen atoms in total. The Morgan fingerprint density at radius 1 is 1.46 bits per heavy atom. The fourth-order valence-corrected chi connectivity index (χ4v) is 1.24. The minimum Gasteiger partial charge on any atom is -0.466 e. The summed E-state index contributed by atoms with van der Waals surface area (Å²) in [7, 11) is 0. The van der Waals surface area contributed by atoms with Crippen molar-refractivity contribution in [3.63, 3.8) is 0 Å². The minimum atomic E-state index is -0.556. The molecule has 0 aromatic rings. The first kappa shape index (κ1) is 12.4. The summed E-state index contributed by atoms with van der Waals surface area (Å²) in [5.41, 5.74) is 0. The monoisotopic (exact) mass is 188 g/mol. The Morgan fingerprint density at radius 2 is 2.08 bits per heavy atom. The number of ether oxygens (including phenoxy) is 1. The lowest BCUT2D eigenvalue weighted by Gasteiger charge is -2.16. The molecule has 0 aliphatic heterocycles. The molecule has 3 heteroatoms. The maximum atomic E-state index is 11.0. The van der Waals surface area contributed by atoms with Crippen LogP contribution in [-0.2, 0) is 9.53 Å². The molecule has 0 aromatic carbocycles. The number of rotatable bonds is 6. The molecule has 0 spiro atoms. The molecule has 0 aromatic heterocycles. The van der Waals surface area contributed by atoms with E-state index in [9.17, 15) is 9.90 Å². The second kappa shape index (κ2) is 6.89. The summed E-state index contributed by atoms with van der Waals surface area (Å²) in [5.74, 6) is -0.132. The largest absolute Gasteiger partial charge is 0.466 e. The van der Waals surface area contributed by atoms with Crippen LogP contribution in [-0.4, -0.2) is 23.8 Å². The van der Waals surface area contributed by atoms with Gasteiger partial charge in [0.25, 0.3) is 0 Å². The highest BCUT2D eigenvalue weighted by atomic mass is 16.5. The van der Waals surface area contributed by atoms with Crippen molar-refractivity contribution in [2.75, 3.05) is 6.61 Å². The molecule has 0 saturated heterocycles. The summed E-state index contributed by atoms with van der Waals surface area (Å²) in [6, 6.07) is 0. The summed E-state index contributed by atoms with van der Waals surface area (Å²) in [6.45, 7) is 6.16. The van der Waals surface area contributed by atoms with Crippen molar-refractivity contribution in [1.29, 1.82) is 0 Å². The predicted octanol–water partition coefficient (Wildman–Crippen LogP) is 1.74. The fourth-order valence-electron chi connectivity index (χ4n) is 1.24. The maximum absolute atomic E-state index is 11.0. The topological polar surface area (TPSA) is 46.5 Å². The lowest BCUT2D eigenvalue weighted by molar-refractivity contribution is -0.146. The van der Waals surface area contributed by atoms with Gasteiger partial charge in [-0.25, -0.2) is 0 Å². The van der Waals surface area contributed by atoms with Crippen molar-refractivity contribution in [1.82, 2.24) is 0 Å². The van der Waals surface area contributed by atoms with E-state index in [0.717, 1.165) is 12.8 Å². The van der Waals surface area contributed by atoms with Gasteiger partial charge in [0.05, 0.1) is 19.1 Å². The van der Waals surface area contributed by atoms with E-state index in [0.29, 0.717) is 6.61 Å². The Kier molecular flexibility index (Phi) is 6.59. The number of carbonyl (C=O) groups excluding carboxylic acids is 1. The fraction of sp³-hybridized carbons (Fsp3) is 0.900. The molecule has 0 bridgehead atoms. The Labute approximate surface area is 80.1 Å². The van der Waals surface area contributed by atoms with Gasteiger partial charge in [0, 0.05) is 0 Å². The molecule has 1 N–H and O–H groups in total. The summed E-state index contributed by atoms with van der Waals surface area (Å²) < 4.78 is 4.74. The van der Waals surface area contributed by atoms with Crippen LogP contribution in [0.4, 0.5) is 0 Å². The van der Waals surface area contributed by atoms with Crippen LogP contribution in [0.2, 0.25) is 0 Å². The number of hydrogen-bond acceptors (Lipinski definition) is 3. The van der Waals surface area contributed by atoms with E-state index < -0.39 is 6.10 Å². The van der Waals surface area contributed by atoms with Crippen LogP contribution in [0.15, 0.2) is 0 Å². The Hall–Kier alpha value is -0.570. The second-order valence-electron chi connectivity index (χ2n) is 3.34. The molecule has 0 aliphatic rings. The van der Waals surface area contributed by atoms with Gasteiger partial charge >= 0.3 is 5.97 Å². The number of aliphatic hydroxyl groups excluding tert-OH is 1. The third-order valence-electron chi connectivity index (χ3n) is 2.08. The zero-order valence-corrected chi connectivity index (χ0v) is 8.75. The van der Waals surface area contributed by atoms with Gasteiger partial charge in [-0.05, 0) is 19.3 Å². The molecule has 0 radical (unpaired) electrons. The van der Waals surface area contributed by atoms with Crippen molar-refractivity contribution in [2.24, 2.45) is 5.92 Å². The molecule has 0 aliphatic carbocycles. The average molecular weight is 188 g/mol. The van der Waals surface area contributed by atoms with Crippen molar-refractivity contribution >= 4 is 5.97 Å². The average Bonchev–Trinajstić information content (AvgIpc) is 2.05. The number of aliphatic hydroxyl groups is 1. The lowest BCUT2D eigenvalue weighted by atomic mass is 9.97. The summed E-state index contributed by atoms with van der Waals surface area (Å²) in [6.07, 6.45) is 1.54. The van der Waals surface area contributed by atoms with Crippen LogP contribution >= 0.6 is 0 Å². The van der Waals surface area contributed by atoms with Crippen LogP contribution in [0.5, 0.6) is 0 Å². The van der Waals surface area contributed by atoms with Crippen molar-refractivity contribution in [3.05, 3.63) is 0 Å². The van der Waals surface area contributed by atoms with Crippen LogP contribution < -0.4 is 0 Å². The van der Waals surface area contributed by atoms with E-state index in [1.165, 1.54) is 0 Å². The molecule has 0 saturated carbocycles. The third-order valence-corrected chi connectivity index (χ3v) is 2.08. The number of hydrogen-bond donors (Lipinski definition) is 1. The van der Waals surface area contributed by atoms with E-state index in [4.69, 9.17) is 4.74 Å². The van der Waals surface area contributed by atoms with Crippen LogP contribution in [0.25, 0.3) is 0 Å². The molecular weight excluding hydrogens is 168 g/mol. The number of carbonyl (C=O) groups is 1. The highest BCUT2D eigenvalue weighted by Gasteiger charge is 2.17. The first-order valence-corrected chi connectivity index (χ1v) is 4.95. The molecule has 13 heavy (non-hydrogen) atoms. The van der Waals surface area contributed by atoms with Crippen LogP contribution in [0.3, 0.4) is 0 Å². The van der Waals surface area contributed by atoms with E-state index in [2.05, 4.69) is 6.92 Å². The molecular formula is C10H20O3. The van der Waals surface area contributed by atoms with Gasteiger partial charge in [0.2, 0.25) is 0 Å². The quantitative estimate of drug-likeness (QED) is 0.646. The summed E-state index contributed by atoms with van der Waals surface area (Å²) >= 11 is 0. The lowest BCUT2D eigenvalue weighted by Crippen LogP contribution is -2.22. The summed E-state index contributed by atoms with van der Waals surface area (Å²) in [5, 5.41) is 9.55. The maximum Gasteiger partial charge on any atom is 0.308 e. The number of esters is 1. The Bertz CT molecular complexity index is 145. The van der Waals surface area contributed by atoms with Crippen molar-refractivity contribution in [2.45, 2.75) is 46.1 Å². The van der Waals surface area contributed by atoms with Crippen molar-refractivity contribution < 1.29 is 14.6 Å². The molecule has 0 fully saturated rings. The van der Waals surface area contributed by atoms with E-state index >= 15 is 0 Å². The van der Waals surface area contributed by atoms with Crippen LogP contribution in [0.1, 0.15) is 40.0 Å². The van der Waals surface area contributed by atoms with Gasteiger partial charge < -0.3 is 9.84 Å². The molecule has 0 amide bonds. The van der Waals surface area contributed by atoms with Gasteiger partial charge in [0.1, 0.15) is 0 Å². The van der Waals surface area contributed by atoms with Gasteiger partial charge in [0.15, 0.2) is 0 Å². The van der Waals surface area contributed by atoms with E-state index in [1.807, 2.05) is 6.92 Å². The molecule has 0 rings (SSSR count). The predicted molar refractivity (Wildman–Crippen MR) is 51.3 cm³/mol. The highest BCUT2D eigenvalue weighted by molar-refractivity contribution is 5.69. The Morgan fingerprint density at radius 3 is 2.54 bits per heavy atom. The van der Waals surface area contributed by atoms with Crippen molar-refractivity contribution in [3.8, 4) is 0 Å². The standard InChI is InChI=1S/C10H20O3/c1-4-6-8(3)9(11)7-10(12)13-5-2/h8-9,11H,4-7H2,1-3H3. The normalized spacial score (nSPS) is 15.1. The molecule has 78 valence electrons.